The molecule has 0 saturated heterocycles. The van der Waals surface area contributed by atoms with E-state index in [0.29, 0.717) is 29.6 Å². The summed E-state index contributed by atoms with van der Waals surface area (Å²) in [6, 6.07) is 18.8. The molecule has 198 valence electrons. The smallest absolute Gasteiger partial charge is 0.243 e. The number of halogens is 3. The highest BCUT2D eigenvalue weighted by atomic mass is 35.5. The number of fused-ring (bicyclic) bond motifs is 1. The molecule has 0 saturated carbocycles. The van der Waals surface area contributed by atoms with Gasteiger partial charge in [-0.3, -0.25) is 9.78 Å². The van der Waals surface area contributed by atoms with Gasteiger partial charge in [-0.25, -0.2) is 12.8 Å². The highest BCUT2D eigenvalue weighted by Crippen LogP contribution is 2.24. The topological polar surface area (TPSA) is 91.4 Å². The van der Waals surface area contributed by atoms with Crippen LogP contribution >= 0.6 is 23.2 Å². The molecule has 0 spiro atoms. The number of aromatic nitrogens is 1. The lowest BCUT2D eigenvalue weighted by Crippen LogP contribution is -2.41. The van der Waals surface area contributed by atoms with Crippen LogP contribution < -0.4 is 10.6 Å². The molecule has 0 bridgehead atoms. The van der Waals surface area contributed by atoms with E-state index in [1.54, 1.807) is 24.4 Å². The van der Waals surface area contributed by atoms with Crippen molar-refractivity contribution in [3.63, 3.8) is 0 Å². The highest BCUT2D eigenvalue weighted by molar-refractivity contribution is 7.89. The Hall–Kier alpha value is -3.24. The van der Waals surface area contributed by atoms with Gasteiger partial charge in [0.15, 0.2) is 0 Å². The molecule has 38 heavy (non-hydrogen) atoms. The Balaban J connectivity index is 1.37. The molecule has 4 aromatic rings. The number of hydrogen-bond donors (Lipinski definition) is 2. The van der Waals surface area contributed by atoms with Gasteiger partial charge in [-0.2, -0.15) is 4.31 Å². The Kier molecular flexibility index (Phi) is 9.17. The minimum absolute atomic E-state index is 0.0406. The van der Waals surface area contributed by atoms with Crippen LogP contribution in [-0.2, 0) is 21.4 Å². The van der Waals surface area contributed by atoms with Crippen molar-refractivity contribution in [1.29, 1.82) is 0 Å². The van der Waals surface area contributed by atoms with Gasteiger partial charge in [-0.15, -0.1) is 0 Å². The third-order valence-electron chi connectivity index (χ3n) is 5.77. The quantitative estimate of drug-likeness (QED) is 0.231. The summed E-state index contributed by atoms with van der Waals surface area (Å²) in [7, 11) is -4.10. The Labute approximate surface area is 230 Å². The molecule has 0 fully saturated rings. The molecule has 0 radical (unpaired) electrons. The number of rotatable bonds is 11. The van der Waals surface area contributed by atoms with E-state index < -0.39 is 28.3 Å². The van der Waals surface area contributed by atoms with Gasteiger partial charge in [0, 0.05) is 52.5 Å². The fourth-order valence-electron chi connectivity index (χ4n) is 3.83. The van der Waals surface area contributed by atoms with Crippen molar-refractivity contribution in [2.75, 3.05) is 25.0 Å². The lowest BCUT2D eigenvalue weighted by atomic mass is 10.2. The van der Waals surface area contributed by atoms with Crippen molar-refractivity contribution in [2.45, 2.75) is 17.9 Å². The second-order valence-corrected chi connectivity index (χ2v) is 11.3. The average molecular weight is 575 g/mol. The predicted octanol–water partition coefficient (Wildman–Crippen LogP) is 5.49. The first-order valence-corrected chi connectivity index (χ1v) is 14.0. The van der Waals surface area contributed by atoms with Crippen molar-refractivity contribution in [1.82, 2.24) is 14.6 Å². The van der Waals surface area contributed by atoms with Crippen molar-refractivity contribution in [3.05, 3.63) is 100 Å². The monoisotopic (exact) mass is 574 g/mol. The Morgan fingerprint density at radius 2 is 1.68 bits per heavy atom. The lowest BCUT2D eigenvalue weighted by molar-refractivity contribution is -0.121. The molecular formula is C27H25Cl2FN4O3S. The van der Waals surface area contributed by atoms with E-state index >= 15 is 0 Å². The Morgan fingerprint density at radius 3 is 2.45 bits per heavy atom. The molecule has 0 atom stereocenters. The number of anilines is 1. The largest absolute Gasteiger partial charge is 0.384 e. The normalized spacial score (nSPS) is 11.6. The van der Waals surface area contributed by atoms with Crippen LogP contribution in [0.25, 0.3) is 10.9 Å². The Bertz CT molecular complexity index is 1540. The average Bonchev–Trinajstić information content (AvgIpc) is 2.89. The number of carbonyl (C=O) groups excluding carboxylic acids is 1. The molecule has 7 nitrogen and oxygen atoms in total. The summed E-state index contributed by atoms with van der Waals surface area (Å²) in [5, 5.41) is 7.97. The fraction of sp³-hybridized carbons (Fsp3) is 0.185. The van der Waals surface area contributed by atoms with Crippen LogP contribution in [0.3, 0.4) is 0 Å². The summed E-state index contributed by atoms with van der Waals surface area (Å²) < 4.78 is 41.9. The number of benzene rings is 3. The summed E-state index contributed by atoms with van der Waals surface area (Å²) in [5.41, 5.74) is 1.82. The van der Waals surface area contributed by atoms with Crippen molar-refractivity contribution in [2.24, 2.45) is 0 Å². The van der Waals surface area contributed by atoms with E-state index in [4.69, 9.17) is 23.2 Å². The standard InChI is InChI=1S/C27H25Cl2FN4O3S/c28-20-6-9-22(10-7-20)38(36,37)34(17-19-4-1-2-5-24(19)30)18-27(35)33-14-3-13-31-25-12-15-32-26-16-21(29)8-11-23(25)26/h1-2,4-12,15-16H,3,13-14,17-18H2,(H,31,32)(H,33,35). The van der Waals surface area contributed by atoms with E-state index in [0.717, 1.165) is 20.9 Å². The molecule has 2 N–H and O–H groups in total. The predicted molar refractivity (Wildman–Crippen MR) is 148 cm³/mol. The third-order valence-corrected chi connectivity index (χ3v) is 8.06. The van der Waals surface area contributed by atoms with Crippen molar-refractivity contribution < 1.29 is 17.6 Å². The first-order valence-electron chi connectivity index (χ1n) is 11.8. The molecule has 4 rings (SSSR count). The zero-order chi connectivity index (χ0) is 27.1. The van der Waals surface area contributed by atoms with E-state index in [1.165, 1.54) is 42.5 Å². The molecule has 11 heteroatoms. The minimum Gasteiger partial charge on any atom is -0.384 e. The SMILES string of the molecule is O=C(CN(Cc1ccccc1F)S(=O)(=O)c1ccc(Cl)cc1)NCCCNc1ccnc2cc(Cl)ccc12. The van der Waals surface area contributed by atoms with Crippen LogP contribution in [0.15, 0.2) is 83.9 Å². The number of pyridine rings is 1. The fourth-order valence-corrected chi connectivity index (χ4v) is 5.50. The van der Waals surface area contributed by atoms with E-state index in [-0.39, 0.29) is 17.0 Å². The second kappa shape index (κ2) is 12.5. The summed E-state index contributed by atoms with van der Waals surface area (Å²) in [5.74, 6) is -1.05. The van der Waals surface area contributed by atoms with Gasteiger partial charge in [0.25, 0.3) is 0 Å². The Morgan fingerprint density at radius 1 is 0.947 bits per heavy atom. The zero-order valence-corrected chi connectivity index (χ0v) is 22.5. The van der Waals surface area contributed by atoms with Crippen molar-refractivity contribution in [3.8, 4) is 0 Å². The van der Waals surface area contributed by atoms with E-state index in [9.17, 15) is 17.6 Å². The number of carbonyl (C=O) groups is 1. The maximum atomic E-state index is 14.3. The molecule has 1 amide bonds. The molecule has 1 aromatic heterocycles. The first-order chi connectivity index (χ1) is 18.2. The van der Waals surface area contributed by atoms with Crippen LogP contribution in [0.1, 0.15) is 12.0 Å². The van der Waals surface area contributed by atoms with Gasteiger partial charge in [-0.05, 0) is 61.0 Å². The molecule has 3 aromatic carbocycles. The lowest BCUT2D eigenvalue weighted by Gasteiger charge is -2.22. The van der Waals surface area contributed by atoms with E-state index in [2.05, 4.69) is 15.6 Å². The minimum atomic E-state index is -4.10. The molecule has 0 aliphatic rings. The van der Waals surface area contributed by atoms with Gasteiger partial charge in [0.1, 0.15) is 5.82 Å². The maximum absolute atomic E-state index is 14.3. The molecule has 0 aliphatic heterocycles. The number of nitrogens with one attached hydrogen (secondary N) is 2. The van der Waals surface area contributed by atoms with Crippen molar-refractivity contribution >= 4 is 55.7 Å². The van der Waals surface area contributed by atoms with Gasteiger partial charge < -0.3 is 10.6 Å². The molecular weight excluding hydrogens is 550 g/mol. The zero-order valence-electron chi connectivity index (χ0n) is 20.2. The van der Waals surface area contributed by atoms with Crippen LogP contribution in [0, 0.1) is 5.82 Å². The van der Waals surface area contributed by atoms with Crippen LogP contribution in [0.2, 0.25) is 10.0 Å². The molecule has 1 heterocycles. The molecule has 0 aliphatic carbocycles. The summed E-state index contributed by atoms with van der Waals surface area (Å²) >= 11 is 11.9. The summed E-state index contributed by atoms with van der Waals surface area (Å²) in [6.45, 7) is 0.105. The number of amides is 1. The summed E-state index contributed by atoms with van der Waals surface area (Å²) in [4.78, 5) is 17.0. The van der Waals surface area contributed by atoms with Gasteiger partial charge in [-0.1, -0.05) is 41.4 Å². The van der Waals surface area contributed by atoms with E-state index in [1.807, 2.05) is 12.1 Å². The first kappa shape index (κ1) is 27.8. The van der Waals surface area contributed by atoms with Gasteiger partial charge in [0.05, 0.1) is 17.0 Å². The maximum Gasteiger partial charge on any atom is 0.243 e. The second-order valence-electron chi connectivity index (χ2n) is 8.47. The number of hydrogen-bond acceptors (Lipinski definition) is 5. The number of sulfonamides is 1. The summed E-state index contributed by atoms with van der Waals surface area (Å²) in [6.07, 6.45) is 2.27. The van der Waals surface area contributed by atoms with Gasteiger partial charge >= 0.3 is 0 Å². The highest BCUT2D eigenvalue weighted by Gasteiger charge is 2.27. The number of nitrogens with zero attached hydrogens (tertiary/aromatic N) is 2. The third kappa shape index (κ3) is 6.99. The van der Waals surface area contributed by atoms with Crippen LogP contribution in [0.5, 0.6) is 0 Å². The molecule has 0 unspecified atom stereocenters. The van der Waals surface area contributed by atoms with Gasteiger partial charge in [0.2, 0.25) is 15.9 Å². The van der Waals surface area contributed by atoms with Crippen LogP contribution in [-0.4, -0.2) is 43.2 Å². The van der Waals surface area contributed by atoms with Crippen LogP contribution in [0.4, 0.5) is 10.1 Å².